The molecule has 0 bridgehead atoms. The summed E-state index contributed by atoms with van der Waals surface area (Å²) in [6, 6.07) is 3.90. The molecule has 76 valence electrons. The van der Waals surface area contributed by atoms with Crippen LogP contribution in [0.15, 0.2) is 12.1 Å². The van der Waals surface area contributed by atoms with Gasteiger partial charge in [0.2, 0.25) is 0 Å². The molecule has 1 aromatic carbocycles. The Morgan fingerprint density at radius 3 is 2.21 bits per heavy atom. The van der Waals surface area contributed by atoms with Crippen molar-refractivity contribution in [3.05, 3.63) is 28.8 Å². The van der Waals surface area contributed by atoms with Crippen LogP contribution in [0.2, 0.25) is 0 Å². The van der Waals surface area contributed by atoms with Gasteiger partial charge in [0.15, 0.2) is 5.78 Å². The second kappa shape index (κ2) is 3.82. The van der Waals surface area contributed by atoms with E-state index >= 15 is 0 Å². The van der Waals surface area contributed by atoms with Crippen molar-refractivity contribution in [3.63, 3.8) is 0 Å². The second-order valence-corrected chi connectivity index (χ2v) is 3.85. The molecule has 0 fully saturated rings. The predicted octanol–water partition coefficient (Wildman–Crippen LogP) is 2.57. The number of hydrogen-bond acceptors (Lipinski definition) is 2. The van der Waals surface area contributed by atoms with Gasteiger partial charge in [0.25, 0.3) is 0 Å². The molecule has 0 unspecified atom stereocenters. The summed E-state index contributed by atoms with van der Waals surface area (Å²) in [5.74, 6) is 0.130. The highest BCUT2D eigenvalue weighted by Gasteiger charge is 2.11. The molecule has 2 nitrogen and oxygen atoms in total. The molecule has 1 aromatic rings. The Bertz CT molecular complexity index is 367. The molecule has 0 aliphatic rings. The van der Waals surface area contributed by atoms with E-state index in [9.17, 15) is 4.79 Å². The van der Waals surface area contributed by atoms with Gasteiger partial charge in [-0.2, -0.15) is 0 Å². The van der Waals surface area contributed by atoms with E-state index in [1.807, 2.05) is 33.2 Å². The molecule has 0 amide bonds. The van der Waals surface area contributed by atoms with Gasteiger partial charge in [0.05, 0.1) is 0 Å². The quantitative estimate of drug-likeness (QED) is 0.670. The minimum absolute atomic E-state index is 0.130. The van der Waals surface area contributed by atoms with Crippen molar-refractivity contribution < 1.29 is 4.79 Å². The van der Waals surface area contributed by atoms with Crippen LogP contribution >= 0.6 is 0 Å². The number of Topliss-reactive ketones (excluding diaryl/α,β-unsaturated/α-hetero) is 1. The molecule has 0 aliphatic heterocycles. The van der Waals surface area contributed by atoms with Crippen molar-refractivity contribution in [2.75, 3.05) is 19.0 Å². The number of rotatable bonds is 2. The first-order valence-electron chi connectivity index (χ1n) is 4.73. The van der Waals surface area contributed by atoms with Gasteiger partial charge in [0, 0.05) is 25.3 Å². The molecule has 14 heavy (non-hydrogen) atoms. The molecule has 0 saturated carbocycles. The maximum absolute atomic E-state index is 11.3. The summed E-state index contributed by atoms with van der Waals surface area (Å²) in [6.45, 7) is 5.67. The van der Waals surface area contributed by atoms with Gasteiger partial charge in [-0.1, -0.05) is 12.1 Å². The Labute approximate surface area is 85.5 Å². The van der Waals surface area contributed by atoms with Gasteiger partial charge in [-0.15, -0.1) is 0 Å². The number of carbonyl (C=O) groups excluding carboxylic acids is 1. The fourth-order valence-corrected chi connectivity index (χ4v) is 1.91. The molecule has 0 atom stereocenters. The minimum atomic E-state index is 0.130. The SMILES string of the molecule is CC(=O)c1ccc(C)c(N(C)C)c1C. The van der Waals surface area contributed by atoms with E-state index in [2.05, 4.69) is 11.8 Å². The maximum Gasteiger partial charge on any atom is 0.160 e. The summed E-state index contributed by atoms with van der Waals surface area (Å²) < 4.78 is 0. The van der Waals surface area contributed by atoms with E-state index in [-0.39, 0.29) is 5.78 Å². The summed E-state index contributed by atoms with van der Waals surface area (Å²) in [5.41, 5.74) is 4.25. The molecule has 0 aliphatic carbocycles. The molecule has 0 saturated heterocycles. The van der Waals surface area contributed by atoms with Crippen LogP contribution in [0.5, 0.6) is 0 Å². The van der Waals surface area contributed by atoms with Crippen molar-refractivity contribution in [2.24, 2.45) is 0 Å². The number of hydrogen-bond donors (Lipinski definition) is 0. The third kappa shape index (κ3) is 1.79. The zero-order valence-corrected chi connectivity index (χ0v) is 9.51. The number of benzene rings is 1. The molecule has 0 N–H and O–H groups in total. The number of anilines is 1. The largest absolute Gasteiger partial charge is 0.377 e. The number of ketones is 1. The maximum atomic E-state index is 11.3. The standard InChI is InChI=1S/C12H17NO/c1-8-6-7-11(10(3)14)9(2)12(8)13(4)5/h6-7H,1-5H3. The lowest BCUT2D eigenvalue weighted by atomic mass is 9.99. The lowest BCUT2D eigenvalue weighted by Gasteiger charge is -2.20. The van der Waals surface area contributed by atoms with Crippen LogP contribution in [0.3, 0.4) is 0 Å². The van der Waals surface area contributed by atoms with Crippen LogP contribution in [0.1, 0.15) is 28.4 Å². The second-order valence-electron chi connectivity index (χ2n) is 3.85. The highest BCUT2D eigenvalue weighted by molar-refractivity contribution is 5.97. The summed E-state index contributed by atoms with van der Waals surface area (Å²) >= 11 is 0. The number of aryl methyl sites for hydroxylation is 1. The van der Waals surface area contributed by atoms with Crippen LogP contribution in [-0.4, -0.2) is 19.9 Å². The van der Waals surface area contributed by atoms with E-state index in [1.54, 1.807) is 6.92 Å². The molecular formula is C12H17NO. The Balaban J connectivity index is 3.41. The third-order valence-electron chi connectivity index (χ3n) is 2.46. The summed E-state index contributed by atoms with van der Waals surface area (Å²) in [4.78, 5) is 13.4. The highest BCUT2D eigenvalue weighted by Crippen LogP contribution is 2.26. The van der Waals surface area contributed by atoms with E-state index in [0.717, 1.165) is 16.8 Å². The zero-order chi connectivity index (χ0) is 10.9. The van der Waals surface area contributed by atoms with Crippen LogP contribution in [0.25, 0.3) is 0 Å². The van der Waals surface area contributed by atoms with Crippen LogP contribution in [-0.2, 0) is 0 Å². The fourth-order valence-electron chi connectivity index (χ4n) is 1.91. The Hall–Kier alpha value is -1.31. The van der Waals surface area contributed by atoms with Crippen molar-refractivity contribution in [1.82, 2.24) is 0 Å². The van der Waals surface area contributed by atoms with E-state index in [1.165, 1.54) is 5.56 Å². The summed E-state index contributed by atoms with van der Waals surface area (Å²) in [6.07, 6.45) is 0. The van der Waals surface area contributed by atoms with Crippen LogP contribution in [0.4, 0.5) is 5.69 Å². The third-order valence-corrected chi connectivity index (χ3v) is 2.46. The average molecular weight is 191 g/mol. The van der Waals surface area contributed by atoms with E-state index < -0.39 is 0 Å². The zero-order valence-electron chi connectivity index (χ0n) is 9.51. The van der Waals surface area contributed by atoms with E-state index in [4.69, 9.17) is 0 Å². The number of carbonyl (C=O) groups is 1. The molecule has 0 aromatic heterocycles. The lowest BCUT2D eigenvalue weighted by molar-refractivity contribution is 0.101. The van der Waals surface area contributed by atoms with Crippen LogP contribution < -0.4 is 4.90 Å². The molecule has 1 rings (SSSR count). The van der Waals surface area contributed by atoms with Gasteiger partial charge >= 0.3 is 0 Å². The summed E-state index contributed by atoms with van der Waals surface area (Å²) in [7, 11) is 4.00. The monoisotopic (exact) mass is 191 g/mol. The van der Waals surface area contributed by atoms with Gasteiger partial charge in [-0.05, 0) is 31.9 Å². The van der Waals surface area contributed by atoms with Crippen molar-refractivity contribution in [1.29, 1.82) is 0 Å². The lowest BCUT2D eigenvalue weighted by Crippen LogP contribution is -2.13. The first-order valence-corrected chi connectivity index (χ1v) is 4.73. The Morgan fingerprint density at radius 2 is 1.79 bits per heavy atom. The van der Waals surface area contributed by atoms with Crippen molar-refractivity contribution in [3.8, 4) is 0 Å². The average Bonchev–Trinajstić information content (AvgIpc) is 2.02. The Morgan fingerprint density at radius 1 is 1.21 bits per heavy atom. The molecule has 2 heteroatoms. The summed E-state index contributed by atoms with van der Waals surface area (Å²) in [5, 5.41) is 0. The van der Waals surface area contributed by atoms with Gasteiger partial charge in [-0.3, -0.25) is 4.79 Å². The fraction of sp³-hybridized carbons (Fsp3) is 0.417. The van der Waals surface area contributed by atoms with Crippen LogP contribution in [0, 0.1) is 13.8 Å². The highest BCUT2D eigenvalue weighted by atomic mass is 16.1. The molecular weight excluding hydrogens is 174 g/mol. The normalized spacial score (nSPS) is 10.1. The smallest absolute Gasteiger partial charge is 0.160 e. The Kier molecular flexibility index (Phi) is 2.94. The molecule has 0 spiro atoms. The number of nitrogens with zero attached hydrogens (tertiary/aromatic N) is 1. The molecule has 0 heterocycles. The molecule has 0 radical (unpaired) electrons. The van der Waals surface area contributed by atoms with E-state index in [0.29, 0.717) is 0 Å². The first kappa shape index (κ1) is 10.8. The van der Waals surface area contributed by atoms with Gasteiger partial charge in [-0.25, -0.2) is 0 Å². The first-order chi connectivity index (χ1) is 6.45. The topological polar surface area (TPSA) is 20.3 Å². The van der Waals surface area contributed by atoms with Crippen molar-refractivity contribution >= 4 is 11.5 Å². The van der Waals surface area contributed by atoms with Crippen molar-refractivity contribution in [2.45, 2.75) is 20.8 Å². The minimum Gasteiger partial charge on any atom is -0.377 e. The van der Waals surface area contributed by atoms with Gasteiger partial charge in [0.1, 0.15) is 0 Å². The predicted molar refractivity (Wildman–Crippen MR) is 60.2 cm³/mol. The van der Waals surface area contributed by atoms with Gasteiger partial charge < -0.3 is 4.90 Å².